The zero-order valence-electron chi connectivity index (χ0n) is 15.4. The van der Waals surface area contributed by atoms with E-state index in [2.05, 4.69) is 46.2 Å². The van der Waals surface area contributed by atoms with Crippen molar-refractivity contribution in [2.75, 3.05) is 40.8 Å². The van der Waals surface area contributed by atoms with Crippen LogP contribution >= 0.6 is 0 Å². The minimum Gasteiger partial charge on any atom is -0.355 e. The van der Waals surface area contributed by atoms with Gasteiger partial charge in [-0.2, -0.15) is 0 Å². The zero-order valence-corrected chi connectivity index (χ0v) is 15.4. The Morgan fingerprint density at radius 2 is 2.20 bits per heavy atom. The number of nitrogens with zero attached hydrogens (tertiary/aromatic N) is 5. The van der Waals surface area contributed by atoms with Gasteiger partial charge in [-0.25, -0.2) is 9.97 Å². The second kappa shape index (κ2) is 7.93. The third kappa shape index (κ3) is 4.55. The SMILES string of the molecule is CN1C[C@H](C(=O)NCCc2cn3cccnc3n2)CC[C@H](N(C)C)C1. The molecule has 2 aromatic rings. The molecule has 7 nitrogen and oxygen atoms in total. The Morgan fingerprint density at radius 1 is 1.36 bits per heavy atom. The summed E-state index contributed by atoms with van der Waals surface area (Å²) in [5, 5.41) is 3.09. The second-order valence-corrected chi connectivity index (χ2v) is 7.21. The number of carbonyl (C=O) groups excluding carboxylic acids is 1. The van der Waals surface area contributed by atoms with Crippen molar-refractivity contribution in [3.05, 3.63) is 30.4 Å². The van der Waals surface area contributed by atoms with E-state index < -0.39 is 0 Å². The minimum absolute atomic E-state index is 0.0673. The van der Waals surface area contributed by atoms with Crippen molar-refractivity contribution in [1.29, 1.82) is 0 Å². The van der Waals surface area contributed by atoms with Gasteiger partial charge in [-0.3, -0.25) is 9.20 Å². The highest BCUT2D eigenvalue weighted by Crippen LogP contribution is 2.18. The molecular weight excluding hydrogens is 316 g/mol. The molecule has 1 saturated heterocycles. The molecule has 2 aromatic heterocycles. The van der Waals surface area contributed by atoms with E-state index in [1.165, 1.54) is 0 Å². The van der Waals surface area contributed by atoms with E-state index in [1.807, 2.05) is 22.9 Å². The van der Waals surface area contributed by atoms with Crippen LogP contribution in [0.3, 0.4) is 0 Å². The van der Waals surface area contributed by atoms with Crippen molar-refractivity contribution in [1.82, 2.24) is 29.5 Å². The van der Waals surface area contributed by atoms with E-state index in [4.69, 9.17) is 0 Å². The van der Waals surface area contributed by atoms with E-state index in [0.29, 0.717) is 18.4 Å². The molecule has 0 spiro atoms. The van der Waals surface area contributed by atoms with Gasteiger partial charge >= 0.3 is 0 Å². The summed E-state index contributed by atoms with van der Waals surface area (Å²) in [6.45, 7) is 2.46. The molecule has 1 N–H and O–H groups in total. The zero-order chi connectivity index (χ0) is 17.8. The Morgan fingerprint density at radius 3 is 2.96 bits per heavy atom. The summed E-state index contributed by atoms with van der Waals surface area (Å²) in [5.41, 5.74) is 0.949. The first-order chi connectivity index (χ1) is 12.0. The molecule has 0 unspecified atom stereocenters. The highest BCUT2D eigenvalue weighted by atomic mass is 16.1. The van der Waals surface area contributed by atoms with Crippen LogP contribution in [-0.4, -0.2) is 76.9 Å². The maximum atomic E-state index is 12.5. The molecule has 1 aliphatic heterocycles. The van der Waals surface area contributed by atoms with Crippen LogP contribution in [0.25, 0.3) is 5.78 Å². The van der Waals surface area contributed by atoms with E-state index in [9.17, 15) is 4.79 Å². The molecule has 0 bridgehead atoms. The quantitative estimate of drug-likeness (QED) is 0.863. The van der Waals surface area contributed by atoms with Crippen LogP contribution in [0.1, 0.15) is 18.5 Å². The van der Waals surface area contributed by atoms with Gasteiger partial charge in [0.15, 0.2) is 0 Å². The number of likely N-dealkylation sites (tertiary alicyclic amines) is 1. The highest BCUT2D eigenvalue weighted by molar-refractivity contribution is 5.78. The van der Waals surface area contributed by atoms with E-state index >= 15 is 0 Å². The number of fused-ring (bicyclic) bond motifs is 1. The topological polar surface area (TPSA) is 65.8 Å². The van der Waals surface area contributed by atoms with E-state index in [1.54, 1.807) is 6.20 Å². The van der Waals surface area contributed by atoms with Gasteiger partial charge in [0, 0.05) is 50.7 Å². The predicted molar refractivity (Wildman–Crippen MR) is 97.4 cm³/mol. The number of likely N-dealkylation sites (N-methyl/N-ethyl adjacent to an activating group) is 2. The molecule has 25 heavy (non-hydrogen) atoms. The number of rotatable bonds is 5. The molecule has 7 heteroatoms. The average Bonchev–Trinajstić information content (AvgIpc) is 2.88. The van der Waals surface area contributed by atoms with Gasteiger partial charge in [0.1, 0.15) is 0 Å². The Bertz CT molecular complexity index is 679. The highest BCUT2D eigenvalue weighted by Gasteiger charge is 2.27. The first-order valence-corrected chi connectivity index (χ1v) is 8.94. The first kappa shape index (κ1) is 17.8. The van der Waals surface area contributed by atoms with E-state index in [-0.39, 0.29) is 11.8 Å². The normalized spacial score (nSPS) is 22.2. The van der Waals surface area contributed by atoms with Gasteiger partial charge < -0.3 is 15.1 Å². The average molecular weight is 344 g/mol. The predicted octanol–water partition coefficient (Wildman–Crippen LogP) is 0.660. The molecule has 0 aromatic carbocycles. The second-order valence-electron chi connectivity index (χ2n) is 7.21. The van der Waals surface area contributed by atoms with Gasteiger partial charge in [0.2, 0.25) is 11.7 Å². The summed E-state index contributed by atoms with van der Waals surface area (Å²) in [4.78, 5) is 25.8. The van der Waals surface area contributed by atoms with Crippen LogP contribution in [0, 0.1) is 5.92 Å². The van der Waals surface area contributed by atoms with Crippen LogP contribution < -0.4 is 5.32 Å². The first-order valence-electron chi connectivity index (χ1n) is 8.94. The molecule has 0 radical (unpaired) electrons. The number of aromatic nitrogens is 3. The summed E-state index contributed by atoms with van der Waals surface area (Å²) in [5.74, 6) is 0.926. The van der Waals surface area contributed by atoms with Gasteiger partial charge in [-0.05, 0) is 40.1 Å². The summed E-state index contributed by atoms with van der Waals surface area (Å²) >= 11 is 0. The lowest BCUT2D eigenvalue weighted by molar-refractivity contribution is -0.125. The van der Waals surface area contributed by atoms with Crippen LogP contribution in [-0.2, 0) is 11.2 Å². The lowest BCUT2D eigenvalue weighted by Gasteiger charge is -2.25. The lowest BCUT2D eigenvalue weighted by atomic mass is 10.0. The largest absolute Gasteiger partial charge is 0.355 e. The molecule has 0 saturated carbocycles. The summed E-state index contributed by atoms with van der Waals surface area (Å²) < 4.78 is 1.90. The molecule has 1 fully saturated rings. The van der Waals surface area contributed by atoms with Gasteiger partial charge in [-0.1, -0.05) is 0 Å². The molecule has 0 aliphatic carbocycles. The Hall–Kier alpha value is -1.99. The number of carbonyl (C=O) groups is 1. The third-order valence-electron chi connectivity index (χ3n) is 4.97. The number of amides is 1. The summed E-state index contributed by atoms with van der Waals surface area (Å²) in [6.07, 6.45) is 8.36. The van der Waals surface area contributed by atoms with Gasteiger partial charge in [0.25, 0.3) is 0 Å². The Balaban J connectivity index is 1.50. The standard InChI is InChI=1S/C18H28N6O/c1-22(2)16-6-5-14(11-23(3)13-16)17(25)19-9-7-15-12-24-10-4-8-20-18(24)21-15/h4,8,10,12,14,16H,5-7,9,11,13H2,1-3H3,(H,19,25)/t14-,16+/m1/s1. The van der Waals surface area contributed by atoms with Crippen molar-refractivity contribution in [3.63, 3.8) is 0 Å². The fraction of sp³-hybridized carbons (Fsp3) is 0.611. The molecule has 3 rings (SSSR count). The Labute approximate surface area is 149 Å². The van der Waals surface area contributed by atoms with Crippen molar-refractivity contribution in [3.8, 4) is 0 Å². The molecule has 136 valence electrons. The molecular formula is C18H28N6O. The van der Waals surface area contributed by atoms with Crippen molar-refractivity contribution < 1.29 is 4.79 Å². The van der Waals surface area contributed by atoms with Crippen molar-refractivity contribution >= 4 is 11.7 Å². The fourth-order valence-electron chi connectivity index (χ4n) is 3.48. The molecule has 1 aliphatic rings. The molecule has 2 atom stereocenters. The number of hydrogen-bond acceptors (Lipinski definition) is 5. The Kier molecular flexibility index (Phi) is 5.65. The lowest BCUT2D eigenvalue weighted by Crippen LogP contribution is -2.39. The van der Waals surface area contributed by atoms with Crippen LogP contribution in [0.2, 0.25) is 0 Å². The van der Waals surface area contributed by atoms with Crippen LogP contribution in [0.5, 0.6) is 0 Å². The smallest absolute Gasteiger partial charge is 0.233 e. The van der Waals surface area contributed by atoms with Gasteiger partial charge in [-0.15, -0.1) is 0 Å². The van der Waals surface area contributed by atoms with Gasteiger partial charge in [0.05, 0.1) is 11.6 Å². The monoisotopic (exact) mass is 344 g/mol. The van der Waals surface area contributed by atoms with Crippen molar-refractivity contribution in [2.45, 2.75) is 25.3 Å². The summed E-state index contributed by atoms with van der Waals surface area (Å²) in [7, 11) is 6.33. The summed E-state index contributed by atoms with van der Waals surface area (Å²) in [6, 6.07) is 2.40. The van der Waals surface area contributed by atoms with E-state index in [0.717, 1.165) is 38.0 Å². The number of hydrogen-bond donors (Lipinski definition) is 1. The van der Waals surface area contributed by atoms with Crippen LogP contribution in [0.15, 0.2) is 24.7 Å². The minimum atomic E-state index is 0.0673. The van der Waals surface area contributed by atoms with Crippen molar-refractivity contribution in [2.24, 2.45) is 5.92 Å². The third-order valence-corrected chi connectivity index (χ3v) is 4.97. The number of nitrogens with one attached hydrogen (secondary N) is 1. The molecule has 1 amide bonds. The number of imidazole rings is 1. The maximum Gasteiger partial charge on any atom is 0.233 e. The fourth-order valence-corrected chi connectivity index (χ4v) is 3.48. The molecule has 3 heterocycles. The van der Waals surface area contributed by atoms with Crippen LogP contribution in [0.4, 0.5) is 0 Å². The maximum absolute atomic E-state index is 12.5.